The van der Waals surface area contributed by atoms with E-state index in [1.165, 1.54) is 0 Å². The van der Waals surface area contributed by atoms with Crippen molar-refractivity contribution in [2.24, 2.45) is 0 Å². The molecule has 0 bridgehead atoms. The van der Waals surface area contributed by atoms with Crippen LogP contribution in [0.2, 0.25) is 0 Å². The Labute approximate surface area is 71.5 Å². The van der Waals surface area contributed by atoms with Crippen LogP contribution in [0, 0.1) is 6.92 Å². The Morgan fingerprint density at radius 3 is 2.83 bits per heavy atom. The maximum absolute atomic E-state index is 8.59. The van der Waals surface area contributed by atoms with Crippen molar-refractivity contribution < 1.29 is 5.11 Å². The highest BCUT2D eigenvalue weighted by Gasteiger charge is 1.98. The van der Waals surface area contributed by atoms with Crippen LogP contribution in [-0.2, 0) is 6.42 Å². The first-order valence-electron chi connectivity index (χ1n) is 3.93. The van der Waals surface area contributed by atoms with Gasteiger partial charge in [-0.25, -0.2) is 9.97 Å². The number of rotatable bonds is 3. The molecule has 0 amide bonds. The van der Waals surface area contributed by atoms with Gasteiger partial charge in [-0.2, -0.15) is 0 Å². The zero-order chi connectivity index (χ0) is 8.97. The van der Waals surface area contributed by atoms with Crippen LogP contribution in [0.4, 0.5) is 5.82 Å². The Morgan fingerprint density at radius 1 is 1.50 bits per heavy atom. The lowest BCUT2D eigenvalue weighted by Gasteiger charge is -2.01. The number of hydrogen-bond donors (Lipinski definition) is 2. The molecule has 0 fully saturated rings. The summed E-state index contributed by atoms with van der Waals surface area (Å²) in [6.07, 6.45) is 1.47. The molecule has 4 nitrogen and oxygen atoms in total. The van der Waals surface area contributed by atoms with Crippen molar-refractivity contribution in [3.05, 3.63) is 17.6 Å². The third-order valence-corrected chi connectivity index (χ3v) is 1.50. The lowest BCUT2D eigenvalue weighted by atomic mass is 10.2. The van der Waals surface area contributed by atoms with Gasteiger partial charge in [-0.15, -0.1) is 0 Å². The molecule has 0 aliphatic carbocycles. The van der Waals surface area contributed by atoms with Crippen LogP contribution >= 0.6 is 0 Å². The number of aliphatic hydroxyl groups excluding tert-OH is 1. The van der Waals surface area contributed by atoms with Crippen molar-refractivity contribution >= 4 is 5.82 Å². The molecule has 0 aromatic carbocycles. The van der Waals surface area contributed by atoms with E-state index in [0.717, 1.165) is 18.5 Å². The molecule has 3 N–H and O–H groups in total. The number of aromatic nitrogens is 2. The average Bonchev–Trinajstić information content (AvgIpc) is 1.99. The maximum atomic E-state index is 8.59. The fourth-order valence-electron chi connectivity index (χ4n) is 1.04. The third-order valence-electron chi connectivity index (χ3n) is 1.50. The van der Waals surface area contributed by atoms with Crippen molar-refractivity contribution in [2.45, 2.75) is 19.8 Å². The zero-order valence-corrected chi connectivity index (χ0v) is 7.12. The van der Waals surface area contributed by atoms with Crippen molar-refractivity contribution in [1.82, 2.24) is 9.97 Å². The highest BCUT2D eigenvalue weighted by molar-refractivity contribution is 5.29. The van der Waals surface area contributed by atoms with Gasteiger partial charge in [0.05, 0.1) is 0 Å². The number of aryl methyl sites for hydroxylation is 2. The van der Waals surface area contributed by atoms with Crippen LogP contribution in [0.15, 0.2) is 6.07 Å². The van der Waals surface area contributed by atoms with Gasteiger partial charge in [0.2, 0.25) is 0 Å². The van der Waals surface area contributed by atoms with E-state index in [0.29, 0.717) is 11.6 Å². The van der Waals surface area contributed by atoms with Gasteiger partial charge in [0, 0.05) is 18.4 Å². The molecule has 4 heteroatoms. The number of aliphatic hydroxyl groups is 1. The molecule has 12 heavy (non-hydrogen) atoms. The van der Waals surface area contributed by atoms with Crippen molar-refractivity contribution in [2.75, 3.05) is 12.3 Å². The highest BCUT2D eigenvalue weighted by Crippen LogP contribution is 2.04. The second kappa shape index (κ2) is 4.01. The Hall–Kier alpha value is -1.16. The van der Waals surface area contributed by atoms with Gasteiger partial charge >= 0.3 is 0 Å². The molecular formula is C8H13N3O. The standard InChI is InChI=1S/C8H13N3O/c1-6-10-7(3-2-4-12)5-8(9)11-6/h5,12H,2-4H2,1H3,(H2,9,10,11). The van der Waals surface area contributed by atoms with E-state index in [1.807, 2.05) is 0 Å². The van der Waals surface area contributed by atoms with Gasteiger partial charge in [0.15, 0.2) is 0 Å². The fourth-order valence-corrected chi connectivity index (χ4v) is 1.04. The molecule has 0 aliphatic rings. The zero-order valence-electron chi connectivity index (χ0n) is 7.12. The molecular weight excluding hydrogens is 154 g/mol. The summed E-state index contributed by atoms with van der Waals surface area (Å²) >= 11 is 0. The van der Waals surface area contributed by atoms with Crippen molar-refractivity contribution in [3.8, 4) is 0 Å². The van der Waals surface area contributed by atoms with Crippen molar-refractivity contribution in [3.63, 3.8) is 0 Å². The van der Waals surface area contributed by atoms with Gasteiger partial charge < -0.3 is 10.8 Å². The van der Waals surface area contributed by atoms with Crippen LogP contribution < -0.4 is 5.73 Å². The first-order valence-corrected chi connectivity index (χ1v) is 3.93. The summed E-state index contributed by atoms with van der Waals surface area (Å²) in [4.78, 5) is 8.12. The predicted molar refractivity (Wildman–Crippen MR) is 46.6 cm³/mol. The van der Waals surface area contributed by atoms with Crippen LogP contribution in [-0.4, -0.2) is 21.7 Å². The fraction of sp³-hybridized carbons (Fsp3) is 0.500. The molecule has 0 atom stereocenters. The van der Waals surface area contributed by atoms with E-state index in [2.05, 4.69) is 9.97 Å². The highest BCUT2D eigenvalue weighted by atomic mass is 16.2. The number of nitrogen functional groups attached to an aromatic ring is 1. The molecule has 1 aromatic heterocycles. The largest absolute Gasteiger partial charge is 0.396 e. The molecule has 1 rings (SSSR count). The van der Waals surface area contributed by atoms with E-state index in [4.69, 9.17) is 10.8 Å². The normalized spacial score (nSPS) is 10.2. The molecule has 0 aliphatic heterocycles. The SMILES string of the molecule is Cc1nc(N)cc(CCCO)n1. The Morgan fingerprint density at radius 2 is 2.25 bits per heavy atom. The first kappa shape index (κ1) is 8.93. The second-order valence-electron chi connectivity index (χ2n) is 2.66. The number of hydrogen-bond acceptors (Lipinski definition) is 4. The predicted octanol–water partition coefficient (Wildman–Crippen LogP) is 0.292. The van der Waals surface area contributed by atoms with E-state index < -0.39 is 0 Å². The topological polar surface area (TPSA) is 72.0 Å². The minimum atomic E-state index is 0.183. The van der Waals surface area contributed by atoms with Crippen LogP contribution in [0.25, 0.3) is 0 Å². The summed E-state index contributed by atoms with van der Waals surface area (Å²) in [5, 5.41) is 8.59. The third kappa shape index (κ3) is 2.47. The Kier molecular flexibility index (Phi) is 2.99. The number of nitrogens with two attached hydrogens (primary N) is 1. The van der Waals surface area contributed by atoms with E-state index in [1.54, 1.807) is 13.0 Å². The number of nitrogens with zero attached hydrogens (tertiary/aromatic N) is 2. The molecule has 0 saturated heterocycles. The van der Waals surface area contributed by atoms with Crippen LogP contribution in [0.1, 0.15) is 17.9 Å². The van der Waals surface area contributed by atoms with Gasteiger partial charge in [-0.3, -0.25) is 0 Å². The molecule has 0 unspecified atom stereocenters. The Bertz CT molecular complexity index is 242. The van der Waals surface area contributed by atoms with Gasteiger partial charge in [-0.1, -0.05) is 0 Å². The quantitative estimate of drug-likeness (QED) is 0.678. The maximum Gasteiger partial charge on any atom is 0.127 e. The van der Waals surface area contributed by atoms with Gasteiger partial charge in [0.1, 0.15) is 11.6 Å². The lowest BCUT2D eigenvalue weighted by Crippen LogP contribution is -2.00. The van der Waals surface area contributed by atoms with E-state index >= 15 is 0 Å². The summed E-state index contributed by atoms with van der Waals surface area (Å²) in [6.45, 7) is 1.99. The average molecular weight is 167 g/mol. The van der Waals surface area contributed by atoms with Crippen LogP contribution in [0.3, 0.4) is 0 Å². The van der Waals surface area contributed by atoms with Gasteiger partial charge in [0.25, 0.3) is 0 Å². The molecule has 1 heterocycles. The monoisotopic (exact) mass is 167 g/mol. The van der Waals surface area contributed by atoms with Crippen molar-refractivity contribution in [1.29, 1.82) is 0 Å². The van der Waals surface area contributed by atoms with E-state index in [-0.39, 0.29) is 6.61 Å². The van der Waals surface area contributed by atoms with Gasteiger partial charge in [-0.05, 0) is 19.8 Å². The number of anilines is 1. The lowest BCUT2D eigenvalue weighted by molar-refractivity contribution is 0.288. The minimum absolute atomic E-state index is 0.183. The molecule has 0 radical (unpaired) electrons. The summed E-state index contributed by atoms with van der Waals surface area (Å²) < 4.78 is 0. The first-order chi connectivity index (χ1) is 5.72. The Balaban J connectivity index is 2.72. The molecule has 0 spiro atoms. The summed E-state index contributed by atoms with van der Waals surface area (Å²) in [5.41, 5.74) is 6.41. The molecule has 1 aromatic rings. The molecule has 0 saturated carbocycles. The van der Waals surface area contributed by atoms with E-state index in [9.17, 15) is 0 Å². The smallest absolute Gasteiger partial charge is 0.127 e. The summed E-state index contributed by atoms with van der Waals surface area (Å²) in [7, 11) is 0. The minimum Gasteiger partial charge on any atom is -0.396 e. The molecule has 66 valence electrons. The summed E-state index contributed by atoms with van der Waals surface area (Å²) in [6, 6.07) is 1.74. The van der Waals surface area contributed by atoms with Crippen LogP contribution in [0.5, 0.6) is 0 Å². The summed E-state index contributed by atoms with van der Waals surface area (Å²) in [5.74, 6) is 1.18. The second-order valence-corrected chi connectivity index (χ2v) is 2.66.